The van der Waals surface area contributed by atoms with Crippen LogP contribution in [0.2, 0.25) is 0 Å². The van der Waals surface area contributed by atoms with Gasteiger partial charge in [0.15, 0.2) is 0 Å². The summed E-state index contributed by atoms with van der Waals surface area (Å²) < 4.78 is 0. The first-order valence-corrected chi connectivity index (χ1v) is 5.24. The van der Waals surface area contributed by atoms with Crippen LogP contribution in [0.5, 0.6) is 0 Å². The Morgan fingerprint density at radius 3 is 2.67 bits per heavy atom. The number of nitrogens with zero attached hydrogens (tertiary/aromatic N) is 1. The second kappa shape index (κ2) is 4.40. The van der Waals surface area contributed by atoms with Crippen LogP contribution in [0.3, 0.4) is 0 Å². The van der Waals surface area contributed by atoms with Crippen molar-refractivity contribution in [2.75, 3.05) is 13.1 Å². The molecule has 2 heterocycles. The third-order valence-electron chi connectivity index (χ3n) is 2.83. The van der Waals surface area contributed by atoms with Crippen LogP contribution in [0.25, 0.3) is 0 Å². The van der Waals surface area contributed by atoms with Gasteiger partial charge in [0.1, 0.15) is 0 Å². The number of pyridine rings is 1. The van der Waals surface area contributed by atoms with Crippen molar-refractivity contribution in [1.82, 2.24) is 10.3 Å². The van der Waals surface area contributed by atoms with Gasteiger partial charge in [-0.1, -0.05) is 0 Å². The van der Waals surface area contributed by atoms with Gasteiger partial charge in [-0.25, -0.2) is 0 Å². The van der Waals surface area contributed by atoms with Gasteiger partial charge in [0.25, 0.3) is 0 Å². The molecule has 0 radical (unpaired) electrons. The van der Waals surface area contributed by atoms with Crippen LogP contribution in [0, 0.1) is 0 Å². The molecule has 3 N–H and O–H groups in total. The molecule has 0 saturated carbocycles. The topological polar surface area (TPSA) is 68.0 Å². The van der Waals surface area contributed by atoms with Crippen molar-refractivity contribution in [3.05, 3.63) is 29.6 Å². The summed E-state index contributed by atoms with van der Waals surface area (Å²) in [4.78, 5) is 15.2. The number of nitrogens with two attached hydrogens (primary N) is 1. The van der Waals surface area contributed by atoms with Crippen LogP contribution in [0.1, 0.15) is 34.8 Å². The van der Waals surface area contributed by atoms with Gasteiger partial charge in [0.05, 0.1) is 5.56 Å². The third kappa shape index (κ3) is 2.33. The highest BCUT2D eigenvalue weighted by Gasteiger charge is 2.16. The van der Waals surface area contributed by atoms with E-state index >= 15 is 0 Å². The van der Waals surface area contributed by atoms with Crippen molar-refractivity contribution in [3.63, 3.8) is 0 Å². The molecule has 1 saturated heterocycles. The largest absolute Gasteiger partial charge is 0.366 e. The number of rotatable bonds is 2. The number of hydrogen-bond donors (Lipinski definition) is 2. The minimum atomic E-state index is -0.417. The van der Waals surface area contributed by atoms with Gasteiger partial charge in [-0.05, 0) is 38.1 Å². The summed E-state index contributed by atoms with van der Waals surface area (Å²) in [5.74, 6) is 0.104. The molecule has 1 aliphatic heterocycles. The minimum Gasteiger partial charge on any atom is -0.366 e. The number of amides is 1. The van der Waals surface area contributed by atoms with Gasteiger partial charge in [-0.3, -0.25) is 9.78 Å². The standard InChI is InChI=1S/C11H15N3O/c12-11(15)9-1-2-10(14-7-9)8-3-5-13-6-4-8/h1-2,7-8,13H,3-6H2,(H2,12,15). The molecule has 0 aliphatic carbocycles. The highest BCUT2D eigenvalue weighted by atomic mass is 16.1. The molecule has 0 bridgehead atoms. The summed E-state index contributed by atoms with van der Waals surface area (Å²) in [7, 11) is 0. The molecule has 1 fully saturated rings. The van der Waals surface area contributed by atoms with Crippen molar-refractivity contribution in [3.8, 4) is 0 Å². The van der Waals surface area contributed by atoms with Crippen LogP contribution < -0.4 is 11.1 Å². The van der Waals surface area contributed by atoms with Crippen molar-refractivity contribution in [1.29, 1.82) is 0 Å². The normalized spacial score (nSPS) is 17.6. The van der Waals surface area contributed by atoms with Crippen molar-refractivity contribution < 1.29 is 4.79 Å². The van der Waals surface area contributed by atoms with Gasteiger partial charge in [0, 0.05) is 17.8 Å². The van der Waals surface area contributed by atoms with E-state index in [0.29, 0.717) is 11.5 Å². The summed E-state index contributed by atoms with van der Waals surface area (Å²) in [6.45, 7) is 2.09. The molecule has 15 heavy (non-hydrogen) atoms. The number of piperidine rings is 1. The molecule has 1 aromatic rings. The Morgan fingerprint density at radius 1 is 1.40 bits per heavy atom. The van der Waals surface area contributed by atoms with Crippen LogP contribution in [0.15, 0.2) is 18.3 Å². The molecule has 80 valence electrons. The quantitative estimate of drug-likeness (QED) is 0.744. The first-order chi connectivity index (χ1) is 7.27. The Hall–Kier alpha value is -1.42. The smallest absolute Gasteiger partial charge is 0.250 e. The zero-order valence-corrected chi connectivity index (χ0v) is 8.57. The van der Waals surface area contributed by atoms with Gasteiger partial charge < -0.3 is 11.1 Å². The van der Waals surface area contributed by atoms with Crippen LogP contribution in [-0.2, 0) is 0 Å². The number of carbonyl (C=O) groups is 1. The highest BCUT2D eigenvalue weighted by Crippen LogP contribution is 2.23. The highest BCUT2D eigenvalue weighted by molar-refractivity contribution is 5.92. The Balaban J connectivity index is 2.11. The lowest BCUT2D eigenvalue weighted by molar-refractivity contribution is 0.1000. The summed E-state index contributed by atoms with van der Waals surface area (Å²) in [5.41, 5.74) is 6.70. The number of carbonyl (C=O) groups excluding carboxylic acids is 1. The molecular formula is C11H15N3O. The molecule has 2 rings (SSSR count). The van der Waals surface area contributed by atoms with E-state index in [9.17, 15) is 4.79 Å². The summed E-state index contributed by atoms with van der Waals surface area (Å²) >= 11 is 0. The van der Waals surface area contributed by atoms with Crippen molar-refractivity contribution >= 4 is 5.91 Å². The maximum atomic E-state index is 10.9. The van der Waals surface area contributed by atoms with E-state index in [1.54, 1.807) is 12.3 Å². The average molecular weight is 205 g/mol. The zero-order chi connectivity index (χ0) is 10.7. The molecule has 4 heteroatoms. The fourth-order valence-corrected chi connectivity index (χ4v) is 1.91. The van der Waals surface area contributed by atoms with Crippen LogP contribution in [-0.4, -0.2) is 24.0 Å². The van der Waals surface area contributed by atoms with Gasteiger partial charge in [0.2, 0.25) is 5.91 Å². The third-order valence-corrected chi connectivity index (χ3v) is 2.83. The fourth-order valence-electron chi connectivity index (χ4n) is 1.91. The Labute approximate surface area is 88.9 Å². The Bertz CT molecular complexity index is 341. The molecule has 4 nitrogen and oxygen atoms in total. The second-order valence-electron chi connectivity index (χ2n) is 3.86. The van der Waals surface area contributed by atoms with E-state index in [1.165, 1.54) is 0 Å². The molecule has 1 aliphatic rings. The molecule has 0 aromatic carbocycles. The van der Waals surface area contributed by atoms with E-state index in [2.05, 4.69) is 10.3 Å². The van der Waals surface area contributed by atoms with Gasteiger partial charge >= 0.3 is 0 Å². The number of hydrogen-bond acceptors (Lipinski definition) is 3. The predicted molar refractivity (Wildman–Crippen MR) is 57.6 cm³/mol. The fraction of sp³-hybridized carbons (Fsp3) is 0.455. The lowest BCUT2D eigenvalue weighted by Gasteiger charge is -2.21. The number of primary amides is 1. The van der Waals surface area contributed by atoms with Crippen LogP contribution in [0.4, 0.5) is 0 Å². The van der Waals surface area contributed by atoms with E-state index in [0.717, 1.165) is 31.6 Å². The predicted octanol–water partition coefficient (Wildman–Crippen LogP) is 0.647. The number of aromatic nitrogens is 1. The van der Waals surface area contributed by atoms with E-state index in [-0.39, 0.29) is 0 Å². The molecule has 1 aromatic heterocycles. The van der Waals surface area contributed by atoms with E-state index in [4.69, 9.17) is 5.73 Å². The number of nitrogens with one attached hydrogen (secondary N) is 1. The zero-order valence-electron chi connectivity index (χ0n) is 8.57. The molecule has 1 amide bonds. The Morgan fingerprint density at radius 2 is 2.13 bits per heavy atom. The van der Waals surface area contributed by atoms with Gasteiger partial charge in [-0.15, -0.1) is 0 Å². The minimum absolute atomic E-state index is 0.417. The average Bonchev–Trinajstić information content (AvgIpc) is 2.30. The Kier molecular flexibility index (Phi) is 2.97. The SMILES string of the molecule is NC(=O)c1ccc(C2CCNCC2)nc1. The van der Waals surface area contributed by atoms with Gasteiger partial charge in [-0.2, -0.15) is 0 Å². The van der Waals surface area contributed by atoms with E-state index < -0.39 is 5.91 Å². The first kappa shape index (κ1) is 10.1. The summed E-state index contributed by atoms with van der Waals surface area (Å²) in [6, 6.07) is 3.67. The summed E-state index contributed by atoms with van der Waals surface area (Å²) in [6.07, 6.45) is 3.80. The maximum absolute atomic E-state index is 10.9. The first-order valence-electron chi connectivity index (χ1n) is 5.24. The lowest BCUT2D eigenvalue weighted by atomic mass is 9.94. The molecule has 0 atom stereocenters. The summed E-state index contributed by atoms with van der Waals surface area (Å²) in [5, 5.41) is 3.31. The van der Waals surface area contributed by atoms with Crippen molar-refractivity contribution in [2.45, 2.75) is 18.8 Å². The molecule has 0 spiro atoms. The maximum Gasteiger partial charge on any atom is 0.250 e. The lowest BCUT2D eigenvalue weighted by Crippen LogP contribution is -2.27. The van der Waals surface area contributed by atoms with E-state index in [1.807, 2.05) is 6.07 Å². The molecular weight excluding hydrogens is 190 g/mol. The second-order valence-corrected chi connectivity index (χ2v) is 3.86. The van der Waals surface area contributed by atoms with Crippen LogP contribution >= 0.6 is 0 Å². The molecule has 0 unspecified atom stereocenters. The van der Waals surface area contributed by atoms with Crippen molar-refractivity contribution in [2.24, 2.45) is 5.73 Å². The monoisotopic (exact) mass is 205 g/mol.